The maximum absolute atomic E-state index is 11.1. The highest BCUT2D eigenvalue weighted by Gasteiger charge is 2.21. The van der Waals surface area contributed by atoms with E-state index in [1.807, 2.05) is 13.8 Å². The molecule has 0 aliphatic rings. The van der Waals surface area contributed by atoms with Gasteiger partial charge in [0.25, 0.3) is 0 Å². The van der Waals surface area contributed by atoms with Crippen LogP contribution in [-0.2, 0) is 14.3 Å². The molecule has 16 heavy (non-hydrogen) atoms. The smallest absolute Gasteiger partial charge is 0.331 e. The standard InChI is InChI=1S/C12H20O4/c1-9(2)7-12(3,4)8-16-11(15)6-5-10(13)14/h5-6,9H,7-8H2,1-4H3,(H,13,14)/b6-5-. The zero-order valence-electron chi connectivity index (χ0n) is 10.3. The van der Waals surface area contributed by atoms with E-state index in [2.05, 4.69) is 13.8 Å². The lowest BCUT2D eigenvalue weighted by Crippen LogP contribution is -2.23. The molecule has 92 valence electrons. The third-order valence-electron chi connectivity index (χ3n) is 1.93. The van der Waals surface area contributed by atoms with Crippen LogP contribution in [0.15, 0.2) is 12.2 Å². The van der Waals surface area contributed by atoms with Crippen LogP contribution in [0.3, 0.4) is 0 Å². The van der Waals surface area contributed by atoms with Crippen LogP contribution in [0.25, 0.3) is 0 Å². The van der Waals surface area contributed by atoms with Crippen LogP contribution in [-0.4, -0.2) is 23.7 Å². The molecular formula is C12H20O4. The molecule has 0 unspecified atom stereocenters. The van der Waals surface area contributed by atoms with Crippen molar-refractivity contribution >= 4 is 11.9 Å². The lowest BCUT2D eigenvalue weighted by Gasteiger charge is -2.25. The summed E-state index contributed by atoms with van der Waals surface area (Å²) in [4.78, 5) is 21.3. The molecule has 0 aliphatic heterocycles. The van der Waals surface area contributed by atoms with Crippen LogP contribution in [0.1, 0.15) is 34.1 Å². The van der Waals surface area contributed by atoms with Gasteiger partial charge in [0, 0.05) is 12.2 Å². The summed E-state index contributed by atoms with van der Waals surface area (Å²) in [7, 11) is 0. The number of rotatable bonds is 6. The third-order valence-corrected chi connectivity index (χ3v) is 1.93. The molecule has 0 radical (unpaired) electrons. The van der Waals surface area contributed by atoms with Gasteiger partial charge in [0.15, 0.2) is 0 Å². The summed E-state index contributed by atoms with van der Waals surface area (Å²) in [6.07, 6.45) is 2.65. The van der Waals surface area contributed by atoms with Gasteiger partial charge in [-0.1, -0.05) is 27.7 Å². The number of carbonyl (C=O) groups excluding carboxylic acids is 1. The van der Waals surface area contributed by atoms with Gasteiger partial charge in [-0.2, -0.15) is 0 Å². The number of esters is 1. The highest BCUT2D eigenvalue weighted by Crippen LogP contribution is 2.25. The highest BCUT2D eigenvalue weighted by atomic mass is 16.5. The van der Waals surface area contributed by atoms with Crippen LogP contribution in [0, 0.1) is 11.3 Å². The van der Waals surface area contributed by atoms with Crippen LogP contribution in [0.4, 0.5) is 0 Å². The van der Waals surface area contributed by atoms with Crippen molar-refractivity contribution in [2.75, 3.05) is 6.61 Å². The second-order valence-corrected chi connectivity index (χ2v) is 5.04. The molecule has 0 aromatic carbocycles. The molecule has 0 saturated heterocycles. The average Bonchev–Trinajstić information content (AvgIpc) is 2.09. The molecule has 0 heterocycles. The number of carboxylic acids is 1. The zero-order chi connectivity index (χ0) is 12.8. The van der Waals surface area contributed by atoms with E-state index in [1.54, 1.807) is 0 Å². The SMILES string of the molecule is CC(C)CC(C)(C)COC(=O)/C=C\C(=O)O. The van der Waals surface area contributed by atoms with Crippen molar-refractivity contribution in [1.29, 1.82) is 0 Å². The second-order valence-electron chi connectivity index (χ2n) is 5.04. The molecule has 0 spiro atoms. The van der Waals surface area contributed by atoms with Gasteiger partial charge in [0.1, 0.15) is 0 Å². The minimum atomic E-state index is -1.15. The van der Waals surface area contributed by atoms with Gasteiger partial charge >= 0.3 is 11.9 Å². The van der Waals surface area contributed by atoms with Crippen LogP contribution in [0.2, 0.25) is 0 Å². The molecule has 0 aromatic rings. The van der Waals surface area contributed by atoms with Crippen molar-refractivity contribution in [2.45, 2.75) is 34.1 Å². The summed E-state index contributed by atoms with van der Waals surface area (Å²) in [5.74, 6) is -1.24. The Morgan fingerprint density at radius 2 is 1.88 bits per heavy atom. The monoisotopic (exact) mass is 228 g/mol. The minimum absolute atomic E-state index is 0.0825. The molecule has 0 atom stereocenters. The quantitative estimate of drug-likeness (QED) is 0.559. The van der Waals surface area contributed by atoms with E-state index < -0.39 is 11.9 Å². The predicted molar refractivity (Wildman–Crippen MR) is 61.0 cm³/mol. The maximum atomic E-state index is 11.1. The van der Waals surface area contributed by atoms with E-state index in [4.69, 9.17) is 9.84 Å². The molecule has 4 nitrogen and oxygen atoms in total. The molecular weight excluding hydrogens is 208 g/mol. The first-order valence-electron chi connectivity index (χ1n) is 5.31. The Labute approximate surface area is 96.3 Å². The molecule has 0 aromatic heterocycles. The molecule has 0 fully saturated rings. The molecule has 0 bridgehead atoms. The lowest BCUT2D eigenvalue weighted by atomic mass is 9.85. The van der Waals surface area contributed by atoms with Gasteiger partial charge in [-0.05, 0) is 17.8 Å². The van der Waals surface area contributed by atoms with E-state index >= 15 is 0 Å². The number of hydrogen-bond acceptors (Lipinski definition) is 3. The Hall–Kier alpha value is -1.32. The summed E-state index contributed by atoms with van der Waals surface area (Å²) in [6, 6.07) is 0. The average molecular weight is 228 g/mol. The fraction of sp³-hybridized carbons (Fsp3) is 0.667. The molecule has 1 N–H and O–H groups in total. The molecule has 0 rings (SSSR count). The van der Waals surface area contributed by atoms with Crippen LogP contribution < -0.4 is 0 Å². The zero-order valence-corrected chi connectivity index (χ0v) is 10.3. The fourth-order valence-electron chi connectivity index (χ4n) is 1.62. The number of hydrogen-bond donors (Lipinski definition) is 1. The fourth-order valence-corrected chi connectivity index (χ4v) is 1.62. The van der Waals surface area contributed by atoms with Gasteiger partial charge < -0.3 is 9.84 Å². The van der Waals surface area contributed by atoms with Crippen molar-refractivity contribution in [3.05, 3.63) is 12.2 Å². The van der Waals surface area contributed by atoms with Crippen molar-refractivity contribution in [2.24, 2.45) is 11.3 Å². The topological polar surface area (TPSA) is 63.6 Å². The number of carbonyl (C=O) groups is 2. The minimum Gasteiger partial charge on any atom is -0.478 e. The van der Waals surface area contributed by atoms with Crippen molar-refractivity contribution in [3.63, 3.8) is 0 Å². The highest BCUT2D eigenvalue weighted by molar-refractivity contribution is 5.90. The first-order valence-corrected chi connectivity index (χ1v) is 5.31. The number of aliphatic carboxylic acids is 1. The first-order chi connectivity index (χ1) is 7.23. The van der Waals surface area contributed by atoms with E-state index in [0.717, 1.165) is 18.6 Å². The Morgan fingerprint density at radius 3 is 2.31 bits per heavy atom. The van der Waals surface area contributed by atoms with Crippen molar-refractivity contribution in [1.82, 2.24) is 0 Å². The van der Waals surface area contributed by atoms with Gasteiger partial charge in [-0.3, -0.25) is 0 Å². The summed E-state index contributed by atoms with van der Waals surface area (Å²) >= 11 is 0. The van der Waals surface area contributed by atoms with E-state index in [-0.39, 0.29) is 5.41 Å². The lowest BCUT2D eigenvalue weighted by molar-refractivity contribution is -0.141. The Balaban J connectivity index is 4.04. The first kappa shape index (κ1) is 14.7. The van der Waals surface area contributed by atoms with Crippen molar-refractivity contribution in [3.8, 4) is 0 Å². The van der Waals surface area contributed by atoms with Crippen molar-refractivity contribution < 1.29 is 19.4 Å². The van der Waals surface area contributed by atoms with Crippen LogP contribution >= 0.6 is 0 Å². The molecule has 0 amide bonds. The van der Waals surface area contributed by atoms with E-state index in [0.29, 0.717) is 12.5 Å². The Morgan fingerprint density at radius 1 is 1.31 bits per heavy atom. The van der Waals surface area contributed by atoms with Crippen LogP contribution in [0.5, 0.6) is 0 Å². The number of ether oxygens (including phenoxy) is 1. The summed E-state index contributed by atoms with van der Waals surface area (Å²) in [5, 5.41) is 8.31. The van der Waals surface area contributed by atoms with E-state index in [9.17, 15) is 9.59 Å². The van der Waals surface area contributed by atoms with Gasteiger partial charge in [0.2, 0.25) is 0 Å². The van der Waals surface area contributed by atoms with Gasteiger partial charge in [-0.25, -0.2) is 9.59 Å². The summed E-state index contributed by atoms with van der Waals surface area (Å²) < 4.78 is 4.97. The molecule has 0 aliphatic carbocycles. The number of carboxylic acid groups (broad SMARTS) is 1. The summed E-state index contributed by atoms with van der Waals surface area (Å²) in [5.41, 5.74) is -0.0825. The Kier molecular flexibility index (Phi) is 5.78. The van der Waals surface area contributed by atoms with E-state index in [1.165, 1.54) is 0 Å². The molecule has 4 heteroatoms. The second kappa shape index (κ2) is 6.30. The van der Waals surface area contributed by atoms with Gasteiger partial charge in [-0.15, -0.1) is 0 Å². The van der Waals surface area contributed by atoms with Gasteiger partial charge in [0.05, 0.1) is 6.61 Å². The predicted octanol–water partition coefficient (Wildman–Crippen LogP) is 2.24. The maximum Gasteiger partial charge on any atom is 0.331 e. The normalized spacial score (nSPS) is 12.1. The molecule has 0 saturated carbocycles. The Bertz CT molecular complexity index is 277. The largest absolute Gasteiger partial charge is 0.478 e. The third kappa shape index (κ3) is 8.03. The summed E-state index contributed by atoms with van der Waals surface area (Å²) in [6.45, 7) is 8.54.